The van der Waals surface area contributed by atoms with Crippen LogP contribution in [0.15, 0.2) is 12.1 Å². The minimum Gasteiger partial charge on any atom is -0.309 e. The molecular formula is C16H29NS. The van der Waals surface area contributed by atoms with E-state index in [1.807, 2.05) is 11.3 Å². The molecule has 1 nitrogen and oxygen atoms in total. The maximum Gasteiger partial charge on any atom is 0.0464 e. The zero-order valence-corrected chi connectivity index (χ0v) is 13.9. The van der Waals surface area contributed by atoms with Gasteiger partial charge < -0.3 is 5.32 Å². The highest BCUT2D eigenvalue weighted by atomic mass is 32.1. The van der Waals surface area contributed by atoms with E-state index < -0.39 is 0 Å². The zero-order valence-electron chi connectivity index (χ0n) is 13.1. The Labute approximate surface area is 117 Å². The van der Waals surface area contributed by atoms with Crippen molar-refractivity contribution < 1.29 is 0 Å². The van der Waals surface area contributed by atoms with Crippen molar-refractivity contribution in [2.75, 3.05) is 6.54 Å². The highest BCUT2D eigenvalue weighted by Gasteiger charge is 2.28. The van der Waals surface area contributed by atoms with Gasteiger partial charge >= 0.3 is 0 Å². The van der Waals surface area contributed by atoms with Gasteiger partial charge in [0.2, 0.25) is 0 Å². The summed E-state index contributed by atoms with van der Waals surface area (Å²) in [4.78, 5) is 2.95. The van der Waals surface area contributed by atoms with Crippen molar-refractivity contribution in [3.63, 3.8) is 0 Å². The fraction of sp³-hybridized carbons (Fsp3) is 0.750. The molecule has 0 saturated heterocycles. The molecule has 1 aromatic rings. The minimum atomic E-state index is 0.259. The Morgan fingerprint density at radius 1 is 1.11 bits per heavy atom. The van der Waals surface area contributed by atoms with Crippen LogP contribution in [0.5, 0.6) is 0 Å². The van der Waals surface area contributed by atoms with Crippen molar-refractivity contribution in [2.45, 2.75) is 66.3 Å². The summed E-state index contributed by atoms with van der Waals surface area (Å²) < 4.78 is 0. The maximum atomic E-state index is 3.70. The summed E-state index contributed by atoms with van der Waals surface area (Å²) in [6, 6.07) is 5.06. The molecule has 0 aliphatic carbocycles. The molecule has 1 heterocycles. The summed E-state index contributed by atoms with van der Waals surface area (Å²) in [5.74, 6) is 0. The van der Waals surface area contributed by atoms with Gasteiger partial charge in [-0.15, -0.1) is 11.3 Å². The molecule has 0 fully saturated rings. The van der Waals surface area contributed by atoms with Gasteiger partial charge in [0, 0.05) is 15.8 Å². The fourth-order valence-electron chi connectivity index (χ4n) is 2.03. The van der Waals surface area contributed by atoms with Crippen molar-refractivity contribution in [3.05, 3.63) is 21.9 Å². The van der Waals surface area contributed by atoms with Gasteiger partial charge in [0.1, 0.15) is 0 Å². The van der Waals surface area contributed by atoms with Gasteiger partial charge in [-0.25, -0.2) is 0 Å². The minimum absolute atomic E-state index is 0.259. The van der Waals surface area contributed by atoms with Crippen molar-refractivity contribution >= 4 is 11.3 Å². The second-order valence-electron chi connectivity index (χ2n) is 7.21. The second-order valence-corrected chi connectivity index (χ2v) is 8.32. The Morgan fingerprint density at radius 3 is 2.11 bits per heavy atom. The van der Waals surface area contributed by atoms with E-state index in [-0.39, 0.29) is 10.8 Å². The molecule has 0 saturated carbocycles. The first-order valence-corrected chi connectivity index (χ1v) is 7.81. The van der Waals surface area contributed by atoms with E-state index in [4.69, 9.17) is 0 Å². The molecule has 0 amide bonds. The third-order valence-corrected chi connectivity index (χ3v) is 4.69. The molecule has 1 rings (SSSR count). The third kappa shape index (κ3) is 4.10. The van der Waals surface area contributed by atoms with E-state index in [0.717, 1.165) is 6.54 Å². The predicted molar refractivity (Wildman–Crippen MR) is 83.5 cm³/mol. The van der Waals surface area contributed by atoms with Gasteiger partial charge in [-0.2, -0.15) is 0 Å². The molecule has 104 valence electrons. The Kier molecular flexibility index (Phi) is 5.02. The van der Waals surface area contributed by atoms with Gasteiger partial charge in [0.05, 0.1) is 0 Å². The smallest absolute Gasteiger partial charge is 0.0464 e. The summed E-state index contributed by atoms with van der Waals surface area (Å²) in [5.41, 5.74) is 0.519. The lowest BCUT2D eigenvalue weighted by Gasteiger charge is -2.31. The van der Waals surface area contributed by atoms with E-state index in [1.54, 1.807) is 0 Å². The molecule has 1 unspecified atom stereocenters. The van der Waals surface area contributed by atoms with Crippen LogP contribution in [-0.4, -0.2) is 6.54 Å². The van der Waals surface area contributed by atoms with Crippen molar-refractivity contribution in [1.82, 2.24) is 5.32 Å². The van der Waals surface area contributed by atoms with Gasteiger partial charge in [-0.1, -0.05) is 48.5 Å². The topological polar surface area (TPSA) is 12.0 Å². The van der Waals surface area contributed by atoms with Crippen LogP contribution in [0, 0.1) is 5.41 Å². The fourth-order valence-corrected chi connectivity index (χ4v) is 3.42. The Bertz CT molecular complexity index is 365. The summed E-state index contributed by atoms with van der Waals surface area (Å²) in [6.07, 6.45) is 1.18. The molecule has 0 bridgehead atoms. The predicted octanol–water partition coefficient (Wildman–Crippen LogP) is 5.13. The van der Waals surface area contributed by atoms with Crippen molar-refractivity contribution in [1.29, 1.82) is 0 Å². The molecule has 0 aliphatic heterocycles. The zero-order chi connectivity index (χ0) is 14.0. The molecule has 1 atom stereocenters. The highest BCUT2D eigenvalue weighted by Crippen LogP contribution is 2.39. The van der Waals surface area contributed by atoms with Gasteiger partial charge in [0.25, 0.3) is 0 Å². The largest absolute Gasteiger partial charge is 0.309 e. The first-order chi connectivity index (χ1) is 8.16. The van der Waals surface area contributed by atoms with Crippen LogP contribution in [0.25, 0.3) is 0 Å². The monoisotopic (exact) mass is 267 g/mol. The van der Waals surface area contributed by atoms with Crippen LogP contribution in [0.3, 0.4) is 0 Å². The van der Waals surface area contributed by atoms with E-state index >= 15 is 0 Å². The highest BCUT2D eigenvalue weighted by molar-refractivity contribution is 7.12. The van der Waals surface area contributed by atoms with E-state index in [1.165, 1.54) is 16.2 Å². The normalized spacial score (nSPS) is 14.8. The van der Waals surface area contributed by atoms with Gasteiger partial charge in [-0.3, -0.25) is 0 Å². The van der Waals surface area contributed by atoms with Crippen molar-refractivity contribution in [3.8, 4) is 0 Å². The van der Waals surface area contributed by atoms with Crippen molar-refractivity contribution in [2.24, 2.45) is 5.41 Å². The van der Waals surface area contributed by atoms with E-state index in [0.29, 0.717) is 6.04 Å². The molecule has 0 radical (unpaired) electrons. The van der Waals surface area contributed by atoms with Crippen LogP contribution < -0.4 is 5.32 Å². The number of hydrogen-bond acceptors (Lipinski definition) is 2. The van der Waals surface area contributed by atoms with Gasteiger partial charge in [0.15, 0.2) is 0 Å². The Balaban J connectivity index is 2.96. The first-order valence-electron chi connectivity index (χ1n) is 7.00. The van der Waals surface area contributed by atoms with Crippen LogP contribution in [0.2, 0.25) is 0 Å². The maximum absolute atomic E-state index is 3.70. The lowest BCUT2D eigenvalue weighted by atomic mass is 9.85. The molecular weight excluding hydrogens is 238 g/mol. The average Bonchev–Trinajstić information content (AvgIpc) is 2.64. The second kappa shape index (κ2) is 5.75. The average molecular weight is 267 g/mol. The third-order valence-electron chi connectivity index (χ3n) is 3.11. The van der Waals surface area contributed by atoms with Crippen LogP contribution in [0.4, 0.5) is 0 Å². The molecule has 1 N–H and O–H groups in total. The van der Waals surface area contributed by atoms with Gasteiger partial charge in [-0.05, 0) is 35.9 Å². The molecule has 0 aromatic carbocycles. The summed E-state index contributed by atoms with van der Waals surface area (Å²) in [7, 11) is 0. The number of rotatable bonds is 4. The standard InChI is InChI=1S/C16H29NS/c1-8-11-17-14(16(5,6)7)12-9-10-13(18-12)15(2,3)4/h9-10,14,17H,8,11H2,1-7H3. The number of thiophene rings is 1. The molecule has 0 spiro atoms. The molecule has 2 heteroatoms. The molecule has 18 heavy (non-hydrogen) atoms. The molecule has 0 aliphatic rings. The number of nitrogens with one attached hydrogen (secondary N) is 1. The summed E-state index contributed by atoms with van der Waals surface area (Å²) in [6.45, 7) is 17.1. The Hall–Kier alpha value is -0.340. The lowest BCUT2D eigenvalue weighted by molar-refractivity contribution is 0.277. The van der Waals surface area contributed by atoms with Crippen LogP contribution in [0.1, 0.15) is 70.7 Å². The van der Waals surface area contributed by atoms with E-state index in [9.17, 15) is 0 Å². The van der Waals surface area contributed by atoms with Crippen LogP contribution in [-0.2, 0) is 5.41 Å². The van der Waals surface area contributed by atoms with E-state index in [2.05, 4.69) is 65.9 Å². The summed E-state index contributed by atoms with van der Waals surface area (Å²) >= 11 is 1.96. The Morgan fingerprint density at radius 2 is 1.72 bits per heavy atom. The first kappa shape index (κ1) is 15.7. The SMILES string of the molecule is CCCNC(c1ccc(C(C)(C)C)s1)C(C)(C)C. The quantitative estimate of drug-likeness (QED) is 0.797. The molecule has 1 aromatic heterocycles. The lowest BCUT2D eigenvalue weighted by Crippen LogP contribution is -2.32. The number of hydrogen-bond donors (Lipinski definition) is 1. The summed E-state index contributed by atoms with van der Waals surface area (Å²) in [5, 5.41) is 3.70. The van der Waals surface area contributed by atoms with Crippen LogP contribution >= 0.6 is 11.3 Å².